The van der Waals surface area contributed by atoms with Crippen molar-refractivity contribution in [2.75, 3.05) is 6.61 Å². The van der Waals surface area contributed by atoms with E-state index in [-0.39, 0.29) is 18.6 Å². The molecule has 0 saturated heterocycles. The van der Waals surface area contributed by atoms with E-state index in [1.54, 1.807) is 0 Å². The summed E-state index contributed by atoms with van der Waals surface area (Å²) in [6, 6.07) is 9.65. The minimum absolute atomic E-state index is 0.0221. The van der Waals surface area contributed by atoms with Crippen molar-refractivity contribution < 1.29 is 9.90 Å². The summed E-state index contributed by atoms with van der Waals surface area (Å²) in [4.78, 5) is 15.1. The average Bonchev–Trinajstić information content (AvgIpc) is 2.82. The molecule has 96 valence electrons. The van der Waals surface area contributed by atoms with Crippen LogP contribution in [0.25, 0.3) is 10.9 Å². The second-order valence-electron chi connectivity index (χ2n) is 4.36. The highest BCUT2D eigenvalue weighted by molar-refractivity contribution is 5.98. The van der Waals surface area contributed by atoms with Crippen LogP contribution in [-0.4, -0.2) is 28.6 Å². The molecule has 2 aromatic rings. The van der Waals surface area contributed by atoms with E-state index in [2.05, 4.69) is 10.3 Å². The zero-order valence-electron chi connectivity index (χ0n) is 10.4. The molecule has 0 fully saturated rings. The summed E-state index contributed by atoms with van der Waals surface area (Å²) < 4.78 is 0. The number of aliphatic hydroxyl groups excluding tert-OH is 1. The zero-order chi connectivity index (χ0) is 13.0. The van der Waals surface area contributed by atoms with Crippen LogP contribution < -0.4 is 5.32 Å². The molecular weight excluding hydrogens is 228 g/mol. The Balaban J connectivity index is 2.13. The minimum Gasteiger partial charge on any atom is -0.396 e. The topological polar surface area (TPSA) is 65.1 Å². The molecule has 0 bridgehead atoms. The smallest absolute Gasteiger partial charge is 0.267 e. The lowest BCUT2D eigenvalue weighted by Crippen LogP contribution is -2.35. The molecule has 1 aromatic carbocycles. The third-order valence-corrected chi connectivity index (χ3v) is 3.08. The Morgan fingerprint density at radius 3 is 2.89 bits per heavy atom. The van der Waals surface area contributed by atoms with Crippen LogP contribution in [0.3, 0.4) is 0 Å². The van der Waals surface area contributed by atoms with E-state index in [1.807, 2.05) is 37.3 Å². The molecule has 3 N–H and O–H groups in total. The van der Waals surface area contributed by atoms with E-state index in [0.29, 0.717) is 12.1 Å². The Labute approximate surface area is 106 Å². The second kappa shape index (κ2) is 5.69. The van der Waals surface area contributed by atoms with Gasteiger partial charge in [0.15, 0.2) is 0 Å². The van der Waals surface area contributed by atoms with Gasteiger partial charge in [-0.05, 0) is 25.0 Å². The Bertz CT molecular complexity index is 500. The molecule has 0 saturated carbocycles. The van der Waals surface area contributed by atoms with Gasteiger partial charge in [0.2, 0.25) is 0 Å². The van der Waals surface area contributed by atoms with Gasteiger partial charge in [-0.2, -0.15) is 0 Å². The monoisotopic (exact) mass is 246 g/mol. The fourth-order valence-corrected chi connectivity index (χ4v) is 1.99. The molecule has 1 unspecified atom stereocenters. The summed E-state index contributed by atoms with van der Waals surface area (Å²) in [5.41, 5.74) is 1.52. The number of para-hydroxylation sites is 1. The summed E-state index contributed by atoms with van der Waals surface area (Å²) in [5, 5.41) is 12.8. The SMILES string of the molecule is CCC(CCO)NC(=O)c1cc2ccccc2[nH]1. The van der Waals surface area contributed by atoms with E-state index in [0.717, 1.165) is 17.3 Å². The van der Waals surface area contributed by atoms with Crippen molar-refractivity contribution in [2.45, 2.75) is 25.8 Å². The molecule has 4 heteroatoms. The first-order chi connectivity index (χ1) is 8.74. The fraction of sp³-hybridized carbons (Fsp3) is 0.357. The lowest BCUT2D eigenvalue weighted by molar-refractivity contribution is 0.0925. The highest BCUT2D eigenvalue weighted by Crippen LogP contribution is 2.14. The van der Waals surface area contributed by atoms with E-state index in [1.165, 1.54) is 0 Å². The number of carbonyl (C=O) groups is 1. The van der Waals surface area contributed by atoms with Crippen molar-refractivity contribution >= 4 is 16.8 Å². The first kappa shape index (κ1) is 12.6. The van der Waals surface area contributed by atoms with E-state index in [4.69, 9.17) is 5.11 Å². The highest BCUT2D eigenvalue weighted by atomic mass is 16.3. The second-order valence-corrected chi connectivity index (χ2v) is 4.36. The van der Waals surface area contributed by atoms with Crippen LogP contribution in [0.1, 0.15) is 30.3 Å². The van der Waals surface area contributed by atoms with Gasteiger partial charge in [-0.25, -0.2) is 0 Å². The van der Waals surface area contributed by atoms with Gasteiger partial charge >= 0.3 is 0 Å². The number of fused-ring (bicyclic) bond motifs is 1. The van der Waals surface area contributed by atoms with Crippen LogP contribution >= 0.6 is 0 Å². The minimum atomic E-state index is -0.119. The van der Waals surface area contributed by atoms with Gasteiger partial charge in [0, 0.05) is 23.6 Å². The van der Waals surface area contributed by atoms with Gasteiger partial charge in [0.25, 0.3) is 5.91 Å². The van der Waals surface area contributed by atoms with Gasteiger partial charge in [-0.1, -0.05) is 25.1 Å². The highest BCUT2D eigenvalue weighted by Gasteiger charge is 2.13. The summed E-state index contributed by atoms with van der Waals surface area (Å²) in [7, 11) is 0. The molecule has 0 aliphatic rings. The van der Waals surface area contributed by atoms with Crippen molar-refractivity contribution in [2.24, 2.45) is 0 Å². The van der Waals surface area contributed by atoms with E-state index in [9.17, 15) is 4.79 Å². The molecule has 0 spiro atoms. The quantitative estimate of drug-likeness (QED) is 0.756. The number of rotatable bonds is 5. The van der Waals surface area contributed by atoms with Gasteiger partial charge in [0.1, 0.15) is 5.69 Å². The Hall–Kier alpha value is -1.81. The molecule has 0 aliphatic carbocycles. The van der Waals surface area contributed by atoms with Crippen LogP contribution in [0.4, 0.5) is 0 Å². The van der Waals surface area contributed by atoms with Gasteiger partial charge in [-0.15, -0.1) is 0 Å². The summed E-state index contributed by atoms with van der Waals surface area (Å²) in [5.74, 6) is -0.119. The maximum atomic E-state index is 12.0. The van der Waals surface area contributed by atoms with Crippen molar-refractivity contribution in [1.29, 1.82) is 0 Å². The molecule has 18 heavy (non-hydrogen) atoms. The molecule has 1 heterocycles. The van der Waals surface area contributed by atoms with Crippen LogP contribution in [0, 0.1) is 0 Å². The van der Waals surface area contributed by atoms with Gasteiger partial charge in [0.05, 0.1) is 0 Å². The van der Waals surface area contributed by atoms with E-state index < -0.39 is 0 Å². The number of hydrogen-bond donors (Lipinski definition) is 3. The maximum absolute atomic E-state index is 12.0. The number of hydrogen-bond acceptors (Lipinski definition) is 2. The van der Waals surface area contributed by atoms with Gasteiger partial charge < -0.3 is 15.4 Å². The first-order valence-electron chi connectivity index (χ1n) is 6.24. The number of H-pyrrole nitrogens is 1. The summed E-state index contributed by atoms with van der Waals surface area (Å²) in [6.07, 6.45) is 1.40. The van der Waals surface area contributed by atoms with Crippen molar-refractivity contribution in [3.05, 3.63) is 36.0 Å². The molecule has 0 radical (unpaired) electrons. The number of benzene rings is 1. The van der Waals surface area contributed by atoms with Gasteiger partial charge in [-0.3, -0.25) is 4.79 Å². The lowest BCUT2D eigenvalue weighted by atomic mass is 10.1. The maximum Gasteiger partial charge on any atom is 0.267 e. The molecule has 0 aliphatic heterocycles. The average molecular weight is 246 g/mol. The van der Waals surface area contributed by atoms with E-state index >= 15 is 0 Å². The predicted molar refractivity (Wildman–Crippen MR) is 71.5 cm³/mol. The predicted octanol–water partition coefficient (Wildman–Crippen LogP) is 2.06. The Kier molecular flexibility index (Phi) is 3.99. The third-order valence-electron chi connectivity index (χ3n) is 3.08. The molecule has 4 nitrogen and oxygen atoms in total. The molecule has 1 aromatic heterocycles. The molecule has 1 atom stereocenters. The Morgan fingerprint density at radius 1 is 1.44 bits per heavy atom. The number of nitrogens with one attached hydrogen (secondary N) is 2. The zero-order valence-corrected chi connectivity index (χ0v) is 10.4. The molecule has 2 rings (SSSR count). The van der Waals surface area contributed by atoms with Crippen molar-refractivity contribution in [3.63, 3.8) is 0 Å². The third kappa shape index (κ3) is 2.71. The Morgan fingerprint density at radius 2 is 2.22 bits per heavy atom. The van der Waals surface area contributed by atoms with Crippen LogP contribution in [0.5, 0.6) is 0 Å². The first-order valence-corrected chi connectivity index (χ1v) is 6.24. The fourth-order valence-electron chi connectivity index (χ4n) is 1.99. The number of aromatic nitrogens is 1. The number of aromatic amines is 1. The van der Waals surface area contributed by atoms with Crippen molar-refractivity contribution in [3.8, 4) is 0 Å². The van der Waals surface area contributed by atoms with Crippen molar-refractivity contribution in [1.82, 2.24) is 10.3 Å². The number of amides is 1. The van der Waals surface area contributed by atoms with Crippen LogP contribution in [0.15, 0.2) is 30.3 Å². The summed E-state index contributed by atoms with van der Waals surface area (Å²) >= 11 is 0. The standard InChI is InChI=1S/C14H18N2O2/c1-2-11(7-8-17)15-14(18)13-9-10-5-3-4-6-12(10)16-13/h3-6,9,11,16-17H,2,7-8H2,1H3,(H,15,18). The summed E-state index contributed by atoms with van der Waals surface area (Å²) in [6.45, 7) is 2.08. The normalized spacial score (nSPS) is 12.6. The number of aliphatic hydroxyl groups is 1. The van der Waals surface area contributed by atoms with Crippen LogP contribution in [0.2, 0.25) is 0 Å². The molecular formula is C14H18N2O2. The molecule has 1 amide bonds. The number of carbonyl (C=O) groups excluding carboxylic acids is 1. The lowest BCUT2D eigenvalue weighted by Gasteiger charge is -2.14. The largest absolute Gasteiger partial charge is 0.396 e. The van der Waals surface area contributed by atoms with Crippen LogP contribution in [-0.2, 0) is 0 Å².